The van der Waals surface area contributed by atoms with Crippen LogP contribution in [0.1, 0.15) is 25.8 Å². The molecule has 0 spiro atoms. The van der Waals surface area contributed by atoms with E-state index in [-0.39, 0.29) is 6.10 Å². The summed E-state index contributed by atoms with van der Waals surface area (Å²) in [5, 5.41) is 3.42. The van der Waals surface area contributed by atoms with Gasteiger partial charge in [-0.05, 0) is 25.0 Å². The van der Waals surface area contributed by atoms with E-state index in [0.717, 1.165) is 13.0 Å². The van der Waals surface area contributed by atoms with Crippen LogP contribution < -0.4 is 5.32 Å². The number of nitrogens with one attached hydrogen (secondary N) is 1. The van der Waals surface area contributed by atoms with Gasteiger partial charge in [-0.15, -0.1) is 0 Å². The molecule has 0 saturated heterocycles. The number of hydrogen-bond donors (Lipinski definition) is 1. The van der Waals surface area contributed by atoms with Crippen molar-refractivity contribution in [3.8, 4) is 0 Å². The van der Waals surface area contributed by atoms with Gasteiger partial charge in [-0.1, -0.05) is 31.5 Å². The zero-order valence-corrected chi connectivity index (χ0v) is 9.92. The molecule has 1 aromatic carbocycles. The summed E-state index contributed by atoms with van der Waals surface area (Å²) in [5.74, 6) is 0. The first-order valence-corrected chi connectivity index (χ1v) is 5.62. The van der Waals surface area contributed by atoms with E-state index >= 15 is 0 Å². The molecule has 1 atom stereocenters. The standard InChI is InChI=1S/C13H21NO/c1-4-7-12-8-5-6-9-13(12)14-10-11(2)15-3/h5-6,8-9,11,14H,4,7,10H2,1-3H3. The van der Waals surface area contributed by atoms with E-state index in [1.165, 1.54) is 17.7 Å². The van der Waals surface area contributed by atoms with Crippen LogP contribution in [0.3, 0.4) is 0 Å². The van der Waals surface area contributed by atoms with Crippen LogP contribution in [-0.2, 0) is 11.2 Å². The third-order valence-corrected chi connectivity index (χ3v) is 2.52. The Morgan fingerprint density at radius 3 is 2.73 bits per heavy atom. The van der Waals surface area contributed by atoms with E-state index in [4.69, 9.17) is 4.74 Å². The van der Waals surface area contributed by atoms with Crippen LogP contribution in [0.15, 0.2) is 24.3 Å². The Labute approximate surface area is 92.6 Å². The SMILES string of the molecule is CCCc1ccccc1NCC(C)OC. The van der Waals surface area contributed by atoms with Crippen LogP contribution in [0, 0.1) is 0 Å². The molecule has 0 bridgehead atoms. The second-order valence-corrected chi connectivity index (χ2v) is 3.83. The highest BCUT2D eigenvalue weighted by atomic mass is 16.5. The Kier molecular flexibility index (Phi) is 5.19. The van der Waals surface area contributed by atoms with Gasteiger partial charge in [0, 0.05) is 19.3 Å². The summed E-state index contributed by atoms with van der Waals surface area (Å²) < 4.78 is 5.21. The normalized spacial score (nSPS) is 12.5. The van der Waals surface area contributed by atoms with E-state index in [2.05, 4.69) is 43.4 Å². The molecule has 0 aromatic heterocycles. The van der Waals surface area contributed by atoms with Crippen molar-refractivity contribution >= 4 is 5.69 Å². The lowest BCUT2D eigenvalue weighted by atomic mass is 10.1. The maximum atomic E-state index is 5.21. The number of benzene rings is 1. The molecule has 1 aromatic rings. The highest BCUT2D eigenvalue weighted by Crippen LogP contribution is 2.16. The first kappa shape index (κ1) is 12.1. The maximum Gasteiger partial charge on any atom is 0.0715 e. The molecule has 2 heteroatoms. The number of hydrogen-bond acceptors (Lipinski definition) is 2. The van der Waals surface area contributed by atoms with E-state index in [1.807, 2.05) is 0 Å². The summed E-state index contributed by atoms with van der Waals surface area (Å²) in [6.07, 6.45) is 2.56. The van der Waals surface area contributed by atoms with Crippen molar-refractivity contribution in [2.75, 3.05) is 19.0 Å². The van der Waals surface area contributed by atoms with Gasteiger partial charge in [0.25, 0.3) is 0 Å². The van der Waals surface area contributed by atoms with Crippen molar-refractivity contribution < 1.29 is 4.74 Å². The molecule has 1 rings (SSSR count). The van der Waals surface area contributed by atoms with Crippen LogP contribution in [0.2, 0.25) is 0 Å². The van der Waals surface area contributed by atoms with Gasteiger partial charge in [0.05, 0.1) is 6.10 Å². The summed E-state index contributed by atoms with van der Waals surface area (Å²) in [5.41, 5.74) is 2.63. The molecule has 0 aliphatic rings. The van der Waals surface area contributed by atoms with E-state index < -0.39 is 0 Å². The molecule has 0 fully saturated rings. The van der Waals surface area contributed by atoms with Crippen LogP contribution in [0.5, 0.6) is 0 Å². The number of aryl methyl sites for hydroxylation is 1. The minimum atomic E-state index is 0.250. The predicted molar refractivity (Wildman–Crippen MR) is 65.4 cm³/mol. The number of ether oxygens (including phenoxy) is 1. The number of para-hydroxylation sites is 1. The van der Waals surface area contributed by atoms with Crippen molar-refractivity contribution in [3.63, 3.8) is 0 Å². The van der Waals surface area contributed by atoms with Gasteiger partial charge in [0.1, 0.15) is 0 Å². The molecule has 15 heavy (non-hydrogen) atoms. The molecule has 0 heterocycles. The zero-order chi connectivity index (χ0) is 11.1. The van der Waals surface area contributed by atoms with Gasteiger partial charge >= 0.3 is 0 Å². The quantitative estimate of drug-likeness (QED) is 0.774. The molecule has 84 valence electrons. The third kappa shape index (κ3) is 3.92. The van der Waals surface area contributed by atoms with Gasteiger partial charge < -0.3 is 10.1 Å². The lowest BCUT2D eigenvalue weighted by Crippen LogP contribution is -2.18. The first-order valence-electron chi connectivity index (χ1n) is 5.62. The Hall–Kier alpha value is -1.02. The molecular weight excluding hydrogens is 186 g/mol. The first-order chi connectivity index (χ1) is 7.27. The summed E-state index contributed by atoms with van der Waals surface area (Å²) in [4.78, 5) is 0. The average molecular weight is 207 g/mol. The van der Waals surface area contributed by atoms with Gasteiger partial charge in [0.2, 0.25) is 0 Å². The highest BCUT2D eigenvalue weighted by Gasteiger charge is 2.02. The van der Waals surface area contributed by atoms with Crippen LogP contribution in [-0.4, -0.2) is 19.8 Å². The minimum absolute atomic E-state index is 0.250. The molecule has 0 saturated carbocycles. The summed E-state index contributed by atoms with van der Waals surface area (Å²) in [6.45, 7) is 5.13. The fourth-order valence-electron chi connectivity index (χ4n) is 1.52. The molecular formula is C13H21NO. The van der Waals surface area contributed by atoms with Crippen molar-refractivity contribution in [1.29, 1.82) is 0 Å². The fraction of sp³-hybridized carbons (Fsp3) is 0.538. The lowest BCUT2D eigenvalue weighted by molar-refractivity contribution is 0.129. The van der Waals surface area contributed by atoms with Gasteiger partial charge in [-0.3, -0.25) is 0 Å². The number of anilines is 1. The largest absolute Gasteiger partial charge is 0.382 e. The monoisotopic (exact) mass is 207 g/mol. The van der Waals surface area contributed by atoms with Crippen molar-refractivity contribution in [1.82, 2.24) is 0 Å². The molecule has 0 amide bonds. The molecule has 0 radical (unpaired) electrons. The van der Waals surface area contributed by atoms with E-state index in [9.17, 15) is 0 Å². The fourth-order valence-corrected chi connectivity index (χ4v) is 1.52. The van der Waals surface area contributed by atoms with Crippen molar-refractivity contribution in [2.45, 2.75) is 32.8 Å². The molecule has 0 aliphatic heterocycles. The lowest BCUT2D eigenvalue weighted by Gasteiger charge is -2.14. The maximum absolute atomic E-state index is 5.21. The van der Waals surface area contributed by atoms with Gasteiger partial charge in [-0.25, -0.2) is 0 Å². The average Bonchev–Trinajstić information content (AvgIpc) is 2.28. The Morgan fingerprint density at radius 1 is 1.33 bits per heavy atom. The number of rotatable bonds is 6. The number of methoxy groups -OCH3 is 1. The van der Waals surface area contributed by atoms with Crippen molar-refractivity contribution in [3.05, 3.63) is 29.8 Å². The Morgan fingerprint density at radius 2 is 2.07 bits per heavy atom. The van der Waals surface area contributed by atoms with E-state index in [1.54, 1.807) is 7.11 Å². The minimum Gasteiger partial charge on any atom is -0.382 e. The molecule has 0 aliphatic carbocycles. The summed E-state index contributed by atoms with van der Waals surface area (Å²) in [6, 6.07) is 8.48. The topological polar surface area (TPSA) is 21.3 Å². The summed E-state index contributed by atoms with van der Waals surface area (Å²) in [7, 11) is 1.74. The Balaban J connectivity index is 2.58. The molecule has 1 unspecified atom stereocenters. The predicted octanol–water partition coefficient (Wildman–Crippen LogP) is 3.09. The van der Waals surface area contributed by atoms with Crippen LogP contribution in [0.4, 0.5) is 5.69 Å². The summed E-state index contributed by atoms with van der Waals surface area (Å²) >= 11 is 0. The smallest absolute Gasteiger partial charge is 0.0715 e. The second-order valence-electron chi connectivity index (χ2n) is 3.83. The van der Waals surface area contributed by atoms with Crippen LogP contribution >= 0.6 is 0 Å². The van der Waals surface area contributed by atoms with Gasteiger partial charge in [0.15, 0.2) is 0 Å². The molecule has 2 nitrogen and oxygen atoms in total. The molecule has 1 N–H and O–H groups in total. The Bertz CT molecular complexity index is 286. The third-order valence-electron chi connectivity index (χ3n) is 2.52. The van der Waals surface area contributed by atoms with Crippen molar-refractivity contribution in [2.24, 2.45) is 0 Å². The highest BCUT2D eigenvalue weighted by molar-refractivity contribution is 5.51. The second kappa shape index (κ2) is 6.46. The van der Waals surface area contributed by atoms with Crippen LogP contribution in [0.25, 0.3) is 0 Å². The van der Waals surface area contributed by atoms with E-state index in [0.29, 0.717) is 0 Å². The van der Waals surface area contributed by atoms with Gasteiger partial charge in [-0.2, -0.15) is 0 Å². The zero-order valence-electron chi connectivity index (χ0n) is 9.92.